The van der Waals surface area contributed by atoms with E-state index in [1.165, 1.54) is 0 Å². The number of rotatable bonds is 4. The average molecular weight is 303 g/mol. The lowest BCUT2D eigenvalue weighted by Gasteiger charge is -2.26. The van der Waals surface area contributed by atoms with Gasteiger partial charge in [0, 0.05) is 19.6 Å². The second kappa shape index (κ2) is 5.46. The van der Waals surface area contributed by atoms with Gasteiger partial charge >= 0.3 is 0 Å². The largest absolute Gasteiger partial charge is 0.378 e. The zero-order valence-electron chi connectivity index (χ0n) is 10.5. The van der Waals surface area contributed by atoms with Gasteiger partial charge in [0.05, 0.1) is 17.8 Å². The highest BCUT2D eigenvalue weighted by Gasteiger charge is 2.35. The van der Waals surface area contributed by atoms with Crippen LogP contribution in [0.4, 0.5) is 0 Å². The minimum absolute atomic E-state index is 0.242. The smallest absolute Gasteiger partial charge is 0.153 e. The van der Waals surface area contributed by atoms with Gasteiger partial charge in [-0.25, -0.2) is 4.68 Å². The Morgan fingerprint density at radius 1 is 1.65 bits per heavy atom. The maximum absolute atomic E-state index is 5.67. The molecule has 0 saturated carbocycles. The van der Waals surface area contributed by atoms with Crippen LogP contribution in [0.5, 0.6) is 0 Å². The van der Waals surface area contributed by atoms with Gasteiger partial charge in [0.15, 0.2) is 4.60 Å². The lowest BCUT2D eigenvalue weighted by Crippen LogP contribution is -2.33. The van der Waals surface area contributed by atoms with E-state index in [0.717, 1.165) is 29.9 Å². The highest BCUT2D eigenvalue weighted by Crippen LogP contribution is 2.35. The number of aromatic nitrogens is 3. The molecule has 17 heavy (non-hydrogen) atoms. The van der Waals surface area contributed by atoms with Crippen LogP contribution in [-0.4, -0.2) is 34.2 Å². The summed E-state index contributed by atoms with van der Waals surface area (Å²) in [5, 5.41) is 11.6. The first-order valence-electron chi connectivity index (χ1n) is 6.05. The Bertz CT molecular complexity index is 362. The third-order valence-electron chi connectivity index (χ3n) is 3.41. The summed E-state index contributed by atoms with van der Waals surface area (Å²) in [6.07, 6.45) is 1.36. The summed E-state index contributed by atoms with van der Waals surface area (Å²) in [4.78, 5) is 0. The minimum atomic E-state index is 0.242. The Morgan fingerprint density at radius 3 is 2.88 bits per heavy atom. The molecule has 1 fully saturated rings. The van der Waals surface area contributed by atoms with Gasteiger partial charge in [0.2, 0.25) is 0 Å². The predicted molar refractivity (Wildman–Crippen MR) is 68.6 cm³/mol. The van der Waals surface area contributed by atoms with Gasteiger partial charge in [0.1, 0.15) is 0 Å². The molecule has 1 aromatic rings. The number of hydrogen-bond donors (Lipinski definition) is 1. The molecule has 0 amide bonds. The Balaban J connectivity index is 2.28. The van der Waals surface area contributed by atoms with Crippen LogP contribution in [0.3, 0.4) is 0 Å². The predicted octanol–water partition coefficient (Wildman–Crippen LogP) is 1.65. The van der Waals surface area contributed by atoms with Crippen molar-refractivity contribution in [1.29, 1.82) is 0 Å². The fourth-order valence-electron chi connectivity index (χ4n) is 2.53. The SMILES string of the molecule is CCNC(c1c(Br)nnn1C)C1CCOC1C. The highest BCUT2D eigenvalue weighted by atomic mass is 79.9. The van der Waals surface area contributed by atoms with Crippen LogP contribution in [0.2, 0.25) is 0 Å². The van der Waals surface area contributed by atoms with Gasteiger partial charge in [-0.2, -0.15) is 0 Å². The molecular weight excluding hydrogens is 284 g/mol. The van der Waals surface area contributed by atoms with E-state index in [0.29, 0.717) is 5.92 Å². The number of hydrogen-bond acceptors (Lipinski definition) is 4. The van der Waals surface area contributed by atoms with Crippen molar-refractivity contribution in [2.45, 2.75) is 32.4 Å². The van der Waals surface area contributed by atoms with E-state index in [2.05, 4.69) is 45.4 Å². The van der Waals surface area contributed by atoms with Crippen molar-refractivity contribution in [2.75, 3.05) is 13.2 Å². The van der Waals surface area contributed by atoms with Crippen molar-refractivity contribution in [3.05, 3.63) is 10.3 Å². The summed E-state index contributed by atoms with van der Waals surface area (Å²) in [7, 11) is 1.93. The molecule has 1 N–H and O–H groups in total. The number of nitrogens with one attached hydrogen (secondary N) is 1. The zero-order valence-corrected chi connectivity index (χ0v) is 12.1. The molecule has 1 aliphatic heterocycles. The van der Waals surface area contributed by atoms with Gasteiger partial charge in [-0.1, -0.05) is 12.1 Å². The topological polar surface area (TPSA) is 52.0 Å². The van der Waals surface area contributed by atoms with Crippen LogP contribution in [0.1, 0.15) is 32.0 Å². The summed E-state index contributed by atoms with van der Waals surface area (Å²) in [6.45, 7) is 6.02. The van der Waals surface area contributed by atoms with E-state index in [1.807, 2.05) is 11.7 Å². The highest BCUT2D eigenvalue weighted by molar-refractivity contribution is 9.10. The molecule has 2 rings (SSSR count). The zero-order chi connectivity index (χ0) is 12.4. The van der Waals surface area contributed by atoms with Crippen LogP contribution < -0.4 is 5.32 Å². The minimum Gasteiger partial charge on any atom is -0.378 e. The van der Waals surface area contributed by atoms with E-state index in [9.17, 15) is 0 Å². The lowest BCUT2D eigenvalue weighted by atomic mass is 9.91. The first-order valence-corrected chi connectivity index (χ1v) is 6.84. The molecule has 2 heterocycles. The molecule has 1 aromatic heterocycles. The number of ether oxygens (including phenoxy) is 1. The summed E-state index contributed by atoms with van der Waals surface area (Å²) in [5.41, 5.74) is 1.11. The van der Waals surface area contributed by atoms with Crippen molar-refractivity contribution in [1.82, 2.24) is 20.3 Å². The van der Waals surface area contributed by atoms with E-state index < -0.39 is 0 Å². The molecular formula is C11H19BrN4O. The first kappa shape index (κ1) is 13.0. The summed E-state index contributed by atoms with van der Waals surface area (Å²) < 4.78 is 8.33. The van der Waals surface area contributed by atoms with Crippen molar-refractivity contribution in [2.24, 2.45) is 13.0 Å². The molecule has 6 heteroatoms. The number of halogens is 1. The molecule has 1 aliphatic rings. The van der Waals surface area contributed by atoms with Crippen LogP contribution in [0.25, 0.3) is 0 Å². The van der Waals surface area contributed by atoms with Gasteiger partial charge in [-0.15, -0.1) is 5.10 Å². The normalized spacial score (nSPS) is 26.4. The van der Waals surface area contributed by atoms with E-state index in [1.54, 1.807) is 0 Å². The maximum Gasteiger partial charge on any atom is 0.153 e. The van der Waals surface area contributed by atoms with Crippen LogP contribution in [0, 0.1) is 5.92 Å². The lowest BCUT2D eigenvalue weighted by molar-refractivity contribution is 0.0945. The standard InChI is InChI=1S/C11H19BrN4O/c1-4-13-9(8-5-6-17-7(8)2)10-11(12)14-15-16(10)3/h7-9,13H,4-6H2,1-3H3. The van der Waals surface area contributed by atoms with E-state index >= 15 is 0 Å². The van der Waals surface area contributed by atoms with Crippen molar-refractivity contribution < 1.29 is 4.74 Å². The van der Waals surface area contributed by atoms with Gasteiger partial charge in [0.25, 0.3) is 0 Å². The molecule has 3 unspecified atom stereocenters. The third kappa shape index (κ3) is 2.53. The number of aryl methyl sites for hydroxylation is 1. The van der Waals surface area contributed by atoms with Crippen molar-refractivity contribution in [3.8, 4) is 0 Å². The van der Waals surface area contributed by atoms with Crippen molar-refractivity contribution >= 4 is 15.9 Å². The Hall–Kier alpha value is -0.460. The third-order valence-corrected chi connectivity index (χ3v) is 3.97. The molecule has 5 nitrogen and oxygen atoms in total. The molecule has 96 valence electrons. The van der Waals surface area contributed by atoms with Crippen molar-refractivity contribution in [3.63, 3.8) is 0 Å². The van der Waals surface area contributed by atoms with Gasteiger partial charge < -0.3 is 10.1 Å². The summed E-state index contributed by atoms with van der Waals surface area (Å²) in [5.74, 6) is 0.475. The molecule has 0 spiro atoms. The maximum atomic E-state index is 5.67. The first-order chi connectivity index (χ1) is 8.15. The molecule has 1 saturated heterocycles. The molecule has 0 aliphatic carbocycles. The van der Waals surface area contributed by atoms with E-state index in [4.69, 9.17) is 4.74 Å². The monoisotopic (exact) mass is 302 g/mol. The number of nitrogens with zero attached hydrogens (tertiary/aromatic N) is 3. The second-order valence-corrected chi connectivity index (χ2v) is 5.20. The van der Waals surface area contributed by atoms with E-state index in [-0.39, 0.29) is 12.1 Å². The molecule has 0 radical (unpaired) electrons. The summed E-state index contributed by atoms with van der Waals surface area (Å²) >= 11 is 3.48. The van der Waals surface area contributed by atoms with Gasteiger partial charge in [-0.3, -0.25) is 0 Å². The molecule has 0 bridgehead atoms. The fourth-order valence-corrected chi connectivity index (χ4v) is 3.10. The van der Waals surface area contributed by atoms with Crippen LogP contribution >= 0.6 is 15.9 Å². The molecule has 3 atom stereocenters. The molecule has 0 aromatic carbocycles. The Labute approximate surface area is 110 Å². The van der Waals surface area contributed by atoms with Crippen LogP contribution in [0.15, 0.2) is 4.60 Å². The fraction of sp³-hybridized carbons (Fsp3) is 0.818. The Kier molecular flexibility index (Phi) is 4.17. The van der Waals surface area contributed by atoms with Gasteiger partial charge in [-0.05, 0) is 35.8 Å². The van der Waals surface area contributed by atoms with Crippen LogP contribution in [-0.2, 0) is 11.8 Å². The summed E-state index contributed by atoms with van der Waals surface area (Å²) in [6, 6.07) is 0.242. The quantitative estimate of drug-likeness (QED) is 0.919. The Morgan fingerprint density at radius 2 is 2.41 bits per heavy atom. The second-order valence-electron chi connectivity index (χ2n) is 4.45. The average Bonchev–Trinajstić information content (AvgIpc) is 2.84.